The Hall–Kier alpha value is -1.75. The third-order valence-corrected chi connectivity index (χ3v) is 7.13. The van der Waals surface area contributed by atoms with E-state index < -0.39 is 33.9 Å². The average molecular weight is 462 g/mol. The molecule has 2 aliphatic rings. The summed E-state index contributed by atoms with van der Waals surface area (Å²) in [5.74, 6) is -1.53. The van der Waals surface area contributed by atoms with Gasteiger partial charge in [-0.1, -0.05) is 50.3 Å². The third kappa shape index (κ3) is 4.87. The topological polar surface area (TPSA) is 65.1 Å². The lowest BCUT2D eigenvalue weighted by Gasteiger charge is -2.57. The van der Waals surface area contributed by atoms with Gasteiger partial charge >= 0.3 is 6.09 Å². The fourth-order valence-corrected chi connectivity index (χ4v) is 6.79. The van der Waals surface area contributed by atoms with E-state index >= 15 is 0 Å². The first-order chi connectivity index (χ1) is 14.2. The second kappa shape index (κ2) is 7.99. The van der Waals surface area contributed by atoms with Crippen LogP contribution >= 0.6 is 0 Å². The van der Waals surface area contributed by atoms with Crippen molar-refractivity contribution in [1.29, 1.82) is 0 Å². The molecular formula is C23H35NO5Si2. The average Bonchev–Trinajstić information content (AvgIpc) is 2.97. The molecule has 1 atom stereocenters. The van der Waals surface area contributed by atoms with Gasteiger partial charge in [-0.15, -0.1) is 0 Å². The molecule has 2 amide bonds. The first-order valence-electron chi connectivity index (χ1n) is 10.8. The number of ether oxygens (including phenoxy) is 1. The molecule has 1 saturated heterocycles. The molecule has 1 aliphatic carbocycles. The molecule has 1 fully saturated rings. The van der Waals surface area contributed by atoms with Crippen molar-refractivity contribution in [3.8, 4) is 0 Å². The van der Waals surface area contributed by atoms with E-state index in [0.717, 1.165) is 5.56 Å². The second-order valence-electron chi connectivity index (χ2n) is 10.9. The monoisotopic (exact) mass is 461 g/mol. The number of hydrogen-bond donors (Lipinski definition) is 0. The summed E-state index contributed by atoms with van der Waals surface area (Å²) in [5.41, 5.74) is 0.977. The first kappa shape index (κ1) is 23.9. The molecule has 1 aromatic rings. The number of cyclic esters (lactones) is 1. The highest BCUT2D eigenvalue weighted by atomic mass is 28.4. The van der Waals surface area contributed by atoms with Crippen LogP contribution in [0.15, 0.2) is 42.0 Å². The highest BCUT2D eigenvalue weighted by molar-refractivity contribution is 6.71. The number of benzene rings is 1. The molecule has 0 bridgehead atoms. The number of nitrogens with zero attached hydrogens (tertiary/aromatic N) is 1. The van der Waals surface area contributed by atoms with Crippen LogP contribution in [0.3, 0.4) is 0 Å². The molecule has 0 aromatic heterocycles. The van der Waals surface area contributed by atoms with Crippen LogP contribution in [0.2, 0.25) is 39.3 Å². The number of amides is 2. The Kier molecular flexibility index (Phi) is 6.16. The van der Waals surface area contributed by atoms with Crippen LogP contribution in [0.5, 0.6) is 0 Å². The van der Waals surface area contributed by atoms with E-state index in [0.29, 0.717) is 12.0 Å². The summed E-state index contributed by atoms with van der Waals surface area (Å²) in [5, 5.41) is 0. The predicted molar refractivity (Wildman–Crippen MR) is 126 cm³/mol. The van der Waals surface area contributed by atoms with Crippen LogP contribution < -0.4 is 0 Å². The second-order valence-corrected chi connectivity index (χ2v) is 19.8. The number of imide groups is 1. The minimum absolute atomic E-state index is 0.187. The zero-order valence-electron chi connectivity index (χ0n) is 19.9. The Morgan fingerprint density at radius 3 is 2.10 bits per heavy atom. The van der Waals surface area contributed by atoms with Crippen LogP contribution in [0, 0.1) is 5.41 Å². The lowest BCUT2D eigenvalue weighted by Crippen LogP contribution is -2.66. The standard InChI is InChI=1S/C23H35NO5Si2/c1-22(2)15-19(23(22,28-30(3,4)5)29-31(6,7)8)20(25)24-18(16-27-21(24)26)14-17-12-10-9-11-13-17/h9-13,15,18H,14,16H2,1-8H3/t18-/m0/s1. The lowest BCUT2D eigenvalue weighted by molar-refractivity contribution is -0.185. The van der Waals surface area contributed by atoms with Gasteiger partial charge in [-0.3, -0.25) is 4.79 Å². The van der Waals surface area contributed by atoms with Crippen LogP contribution in [0.25, 0.3) is 0 Å². The molecule has 0 saturated carbocycles. The minimum Gasteiger partial charge on any atom is -0.447 e. The van der Waals surface area contributed by atoms with Crippen molar-refractivity contribution in [2.45, 2.75) is 71.4 Å². The summed E-state index contributed by atoms with van der Waals surface area (Å²) in [6.45, 7) is 16.7. The molecule has 170 valence electrons. The van der Waals surface area contributed by atoms with Crippen molar-refractivity contribution in [3.63, 3.8) is 0 Å². The summed E-state index contributed by atoms with van der Waals surface area (Å²) in [7, 11) is -4.21. The SMILES string of the molecule is CC1(C)C=C(C(=O)N2C(=O)OC[C@@H]2Cc2ccccc2)C1(O[Si](C)(C)C)O[Si](C)(C)C. The van der Waals surface area contributed by atoms with E-state index in [1.54, 1.807) is 0 Å². The molecule has 1 heterocycles. The van der Waals surface area contributed by atoms with E-state index in [4.69, 9.17) is 13.6 Å². The third-order valence-electron chi connectivity index (χ3n) is 5.33. The highest BCUT2D eigenvalue weighted by Crippen LogP contribution is 2.54. The number of hydrogen-bond acceptors (Lipinski definition) is 5. The zero-order valence-corrected chi connectivity index (χ0v) is 21.9. The minimum atomic E-state index is -2.10. The van der Waals surface area contributed by atoms with E-state index in [2.05, 4.69) is 39.3 Å². The van der Waals surface area contributed by atoms with E-state index in [1.165, 1.54) is 4.90 Å². The summed E-state index contributed by atoms with van der Waals surface area (Å²) < 4.78 is 18.5. The lowest BCUT2D eigenvalue weighted by atomic mass is 9.67. The van der Waals surface area contributed by atoms with Crippen LogP contribution in [-0.4, -0.2) is 52.0 Å². The van der Waals surface area contributed by atoms with Gasteiger partial charge in [0.25, 0.3) is 5.91 Å². The smallest absolute Gasteiger partial charge is 0.417 e. The Balaban J connectivity index is 1.96. The van der Waals surface area contributed by atoms with E-state index in [-0.39, 0.29) is 18.6 Å². The van der Waals surface area contributed by atoms with Gasteiger partial charge in [0.2, 0.25) is 0 Å². The number of rotatable bonds is 7. The predicted octanol–water partition coefficient (Wildman–Crippen LogP) is 4.94. The van der Waals surface area contributed by atoms with Crippen molar-refractivity contribution >= 4 is 28.6 Å². The largest absolute Gasteiger partial charge is 0.447 e. The fraction of sp³-hybridized carbons (Fsp3) is 0.565. The molecule has 1 aromatic carbocycles. The molecule has 3 rings (SSSR count). The van der Waals surface area contributed by atoms with Crippen molar-refractivity contribution in [2.24, 2.45) is 5.41 Å². The molecule has 1 aliphatic heterocycles. The van der Waals surface area contributed by atoms with Gasteiger partial charge in [-0.25, -0.2) is 9.69 Å². The Labute approximate surface area is 187 Å². The fourth-order valence-electron chi connectivity index (χ4n) is 4.15. The van der Waals surface area contributed by atoms with Gasteiger partial charge in [0.1, 0.15) is 6.61 Å². The van der Waals surface area contributed by atoms with Gasteiger partial charge in [0.05, 0.1) is 11.6 Å². The zero-order chi connectivity index (χ0) is 23.2. The number of carbonyl (C=O) groups is 2. The maximum atomic E-state index is 13.7. The summed E-state index contributed by atoms with van der Waals surface area (Å²) in [6.07, 6.45) is 1.83. The van der Waals surface area contributed by atoms with Crippen LogP contribution in [0.1, 0.15) is 19.4 Å². The van der Waals surface area contributed by atoms with Gasteiger partial charge in [0.15, 0.2) is 22.4 Å². The molecule has 0 unspecified atom stereocenters. The molecule has 0 radical (unpaired) electrons. The quantitative estimate of drug-likeness (QED) is 0.425. The van der Waals surface area contributed by atoms with E-state index in [9.17, 15) is 9.59 Å². The number of carbonyl (C=O) groups excluding carboxylic acids is 2. The molecule has 0 N–H and O–H groups in total. The molecule has 8 heteroatoms. The first-order valence-corrected chi connectivity index (χ1v) is 17.6. The van der Waals surface area contributed by atoms with Crippen molar-refractivity contribution < 1.29 is 23.2 Å². The molecule has 0 spiro atoms. The molecule has 31 heavy (non-hydrogen) atoms. The molecule has 6 nitrogen and oxygen atoms in total. The van der Waals surface area contributed by atoms with Gasteiger partial charge in [0, 0.05) is 5.41 Å². The van der Waals surface area contributed by atoms with Crippen molar-refractivity contribution in [3.05, 3.63) is 47.5 Å². The summed E-state index contributed by atoms with van der Waals surface area (Å²) >= 11 is 0. The highest BCUT2D eigenvalue weighted by Gasteiger charge is 2.63. The molecular weight excluding hydrogens is 426 g/mol. The summed E-state index contributed by atoms with van der Waals surface area (Å²) in [6, 6.07) is 9.46. The Morgan fingerprint density at radius 2 is 1.61 bits per heavy atom. The maximum Gasteiger partial charge on any atom is 0.417 e. The van der Waals surface area contributed by atoms with Crippen LogP contribution in [0.4, 0.5) is 4.79 Å². The maximum absolute atomic E-state index is 13.7. The van der Waals surface area contributed by atoms with Crippen molar-refractivity contribution in [2.75, 3.05) is 6.61 Å². The Morgan fingerprint density at radius 1 is 1.06 bits per heavy atom. The van der Waals surface area contributed by atoms with Crippen molar-refractivity contribution in [1.82, 2.24) is 4.90 Å². The summed E-state index contributed by atoms with van der Waals surface area (Å²) in [4.78, 5) is 27.6. The Bertz CT molecular complexity index is 867. The van der Waals surface area contributed by atoms with Gasteiger partial charge in [-0.2, -0.15) is 0 Å². The van der Waals surface area contributed by atoms with E-state index in [1.807, 2.05) is 50.3 Å². The van der Waals surface area contributed by atoms with Crippen LogP contribution in [-0.2, 0) is 24.8 Å². The normalized spacial score (nSPS) is 22.6. The van der Waals surface area contributed by atoms with Gasteiger partial charge in [-0.05, 0) is 51.3 Å². The van der Waals surface area contributed by atoms with Gasteiger partial charge < -0.3 is 13.6 Å².